The van der Waals surface area contributed by atoms with Gasteiger partial charge < -0.3 is 25.0 Å². The fourth-order valence-corrected chi connectivity index (χ4v) is 2.90. The first-order valence-corrected chi connectivity index (χ1v) is 9.52. The highest BCUT2D eigenvalue weighted by atomic mass is 16.5. The highest BCUT2D eigenvalue weighted by Gasteiger charge is 2.15. The van der Waals surface area contributed by atoms with Crippen LogP contribution in [0.5, 0.6) is 11.5 Å². The normalized spacial score (nSPS) is 12.6. The average molecular weight is 385 g/mol. The second-order valence-corrected chi connectivity index (χ2v) is 6.68. The third kappa shape index (κ3) is 6.46. The average Bonchev–Trinajstić information content (AvgIpc) is 2.72. The van der Waals surface area contributed by atoms with Gasteiger partial charge in [0, 0.05) is 13.1 Å². The van der Waals surface area contributed by atoms with Crippen LogP contribution < -0.4 is 20.1 Å². The number of ether oxygens (including phenoxy) is 2. The van der Waals surface area contributed by atoms with E-state index in [0.717, 1.165) is 36.1 Å². The predicted molar refractivity (Wildman–Crippen MR) is 115 cm³/mol. The van der Waals surface area contributed by atoms with Crippen LogP contribution in [0, 0.1) is 0 Å². The van der Waals surface area contributed by atoms with Crippen LogP contribution in [-0.2, 0) is 6.54 Å². The Kier molecular flexibility index (Phi) is 8.62. The fraction of sp³-hybridized carbons (Fsp3) is 0.409. The zero-order valence-corrected chi connectivity index (χ0v) is 17.5. The maximum Gasteiger partial charge on any atom is 0.191 e. The molecule has 6 nitrogen and oxygen atoms in total. The van der Waals surface area contributed by atoms with Crippen molar-refractivity contribution in [3.05, 3.63) is 59.7 Å². The van der Waals surface area contributed by atoms with Gasteiger partial charge in [-0.25, -0.2) is 4.99 Å². The van der Waals surface area contributed by atoms with Gasteiger partial charge in [-0.05, 0) is 56.4 Å². The number of benzene rings is 2. The second kappa shape index (κ2) is 11.2. The molecule has 28 heavy (non-hydrogen) atoms. The van der Waals surface area contributed by atoms with E-state index in [1.165, 1.54) is 5.56 Å². The van der Waals surface area contributed by atoms with Crippen LogP contribution in [0.2, 0.25) is 0 Å². The van der Waals surface area contributed by atoms with Gasteiger partial charge >= 0.3 is 0 Å². The van der Waals surface area contributed by atoms with E-state index in [1.807, 2.05) is 30.3 Å². The highest BCUT2D eigenvalue weighted by molar-refractivity contribution is 5.79. The quantitative estimate of drug-likeness (QED) is 0.514. The Balaban J connectivity index is 2.05. The summed E-state index contributed by atoms with van der Waals surface area (Å²) in [7, 11) is 7.52. The Morgan fingerprint density at radius 3 is 2.32 bits per heavy atom. The molecule has 0 saturated heterocycles. The zero-order chi connectivity index (χ0) is 20.4. The summed E-state index contributed by atoms with van der Waals surface area (Å²) in [6, 6.07) is 16.4. The zero-order valence-electron chi connectivity index (χ0n) is 17.5. The molecule has 0 aliphatic rings. The SMILES string of the molecule is CCNC(=NCc1cccc(OC)c1)NCC(c1ccc(OC)cc1)N(C)C. The number of rotatable bonds is 9. The van der Waals surface area contributed by atoms with Gasteiger partial charge in [0.1, 0.15) is 11.5 Å². The lowest BCUT2D eigenvalue weighted by atomic mass is 10.1. The van der Waals surface area contributed by atoms with Crippen LogP contribution in [0.25, 0.3) is 0 Å². The minimum Gasteiger partial charge on any atom is -0.497 e. The van der Waals surface area contributed by atoms with Crippen LogP contribution in [-0.4, -0.2) is 52.3 Å². The minimum atomic E-state index is 0.214. The molecule has 152 valence electrons. The van der Waals surface area contributed by atoms with Crippen molar-refractivity contribution in [1.29, 1.82) is 0 Å². The molecule has 0 heterocycles. The number of likely N-dealkylation sites (N-methyl/N-ethyl adjacent to an activating group) is 1. The van der Waals surface area contributed by atoms with E-state index in [4.69, 9.17) is 14.5 Å². The molecular formula is C22H32N4O2. The van der Waals surface area contributed by atoms with Crippen molar-refractivity contribution in [2.24, 2.45) is 4.99 Å². The van der Waals surface area contributed by atoms with Gasteiger partial charge in [-0.2, -0.15) is 0 Å². The molecule has 0 aliphatic heterocycles. The monoisotopic (exact) mass is 384 g/mol. The summed E-state index contributed by atoms with van der Waals surface area (Å²) in [5.74, 6) is 2.51. The third-order valence-corrected chi connectivity index (χ3v) is 4.48. The Bertz CT molecular complexity index is 744. The van der Waals surface area contributed by atoms with Crippen LogP contribution in [0.1, 0.15) is 24.1 Å². The summed E-state index contributed by atoms with van der Waals surface area (Å²) in [4.78, 5) is 6.91. The molecule has 1 atom stereocenters. The van der Waals surface area contributed by atoms with E-state index in [1.54, 1.807) is 14.2 Å². The van der Waals surface area contributed by atoms with Gasteiger partial charge in [-0.1, -0.05) is 24.3 Å². The minimum absolute atomic E-state index is 0.214. The van der Waals surface area contributed by atoms with Crippen molar-refractivity contribution in [2.45, 2.75) is 19.5 Å². The molecule has 2 rings (SSSR count). The van der Waals surface area contributed by atoms with E-state index >= 15 is 0 Å². The largest absolute Gasteiger partial charge is 0.497 e. The molecule has 0 spiro atoms. The smallest absolute Gasteiger partial charge is 0.191 e. The third-order valence-electron chi connectivity index (χ3n) is 4.48. The van der Waals surface area contributed by atoms with E-state index in [2.05, 4.69) is 54.8 Å². The van der Waals surface area contributed by atoms with Gasteiger partial charge in [-0.3, -0.25) is 0 Å². The van der Waals surface area contributed by atoms with Gasteiger partial charge in [0.2, 0.25) is 0 Å². The van der Waals surface area contributed by atoms with Crippen LogP contribution in [0.4, 0.5) is 0 Å². The Morgan fingerprint density at radius 2 is 1.71 bits per heavy atom. The van der Waals surface area contributed by atoms with Crippen molar-refractivity contribution in [2.75, 3.05) is 41.4 Å². The molecule has 2 N–H and O–H groups in total. The Morgan fingerprint density at radius 1 is 1.00 bits per heavy atom. The summed E-state index contributed by atoms with van der Waals surface area (Å²) in [6.07, 6.45) is 0. The standard InChI is InChI=1S/C22H32N4O2/c1-6-23-22(24-15-17-8-7-9-20(14-17)28-5)25-16-21(26(2)3)18-10-12-19(27-4)13-11-18/h7-14,21H,6,15-16H2,1-5H3,(H2,23,24,25). The molecular weight excluding hydrogens is 352 g/mol. The van der Waals surface area contributed by atoms with Crippen LogP contribution in [0.3, 0.4) is 0 Å². The first-order chi connectivity index (χ1) is 13.6. The van der Waals surface area contributed by atoms with Crippen molar-refractivity contribution >= 4 is 5.96 Å². The van der Waals surface area contributed by atoms with Gasteiger partial charge in [-0.15, -0.1) is 0 Å². The number of methoxy groups -OCH3 is 2. The van der Waals surface area contributed by atoms with Crippen molar-refractivity contribution in [3.63, 3.8) is 0 Å². The second-order valence-electron chi connectivity index (χ2n) is 6.68. The number of aliphatic imine (C=N–C) groups is 1. The molecule has 0 saturated carbocycles. The van der Waals surface area contributed by atoms with Crippen molar-refractivity contribution in [3.8, 4) is 11.5 Å². The number of hydrogen-bond acceptors (Lipinski definition) is 4. The van der Waals surface area contributed by atoms with Gasteiger partial charge in [0.15, 0.2) is 5.96 Å². The molecule has 0 radical (unpaired) electrons. The molecule has 0 bridgehead atoms. The number of hydrogen-bond donors (Lipinski definition) is 2. The summed E-state index contributed by atoms with van der Waals surface area (Å²) >= 11 is 0. The summed E-state index contributed by atoms with van der Waals surface area (Å²) in [6.45, 7) is 4.19. The van der Waals surface area contributed by atoms with Crippen molar-refractivity contribution < 1.29 is 9.47 Å². The molecule has 0 amide bonds. The molecule has 0 aromatic heterocycles. The lowest BCUT2D eigenvalue weighted by Crippen LogP contribution is -2.41. The number of nitrogens with zero attached hydrogens (tertiary/aromatic N) is 2. The molecule has 2 aromatic carbocycles. The lowest BCUT2D eigenvalue weighted by molar-refractivity contribution is 0.298. The van der Waals surface area contributed by atoms with E-state index < -0.39 is 0 Å². The van der Waals surface area contributed by atoms with Crippen molar-refractivity contribution in [1.82, 2.24) is 15.5 Å². The summed E-state index contributed by atoms with van der Waals surface area (Å²) in [5.41, 5.74) is 2.33. The summed E-state index contributed by atoms with van der Waals surface area (Å²) < 4.78 is 10.5. The lowest BCUT2D eigenvalue weighted by Gasteiger charge is -2.26. The molecule has 0 aliphatic carbocycles. The predicted octanol–water partition coefficient (Wildman–Crippen LogP) is 3.06. The Hall–Kier alpha value is -2.73. The Labute approximate surface area is 168 Å². The van der Waals surface area contributed by atoms with E-state index in [0.29, 0.717) is 6.54 Å². The number of guanidine groups is 1. The van der Waals surface area contributed by atoms with Gasteiger partial charge in [0.25, 0.3) is 0 Å². The maximum absolute atomic E-state index is 5.29. The maximum atomic E-state index is 5.29. The molecule has 2 aromatic rings. The van der Waals surface area contributed by atoms with Crippen LogP contribution in [0.15, 0.2) is 53.5 Å². The van der Waals surface area contributed by atoms with Gasteiger partial charge in [0.05, 0.1) is 26.8 Å². The first kappa shape index (κ1) is 21.6. The topological polar surface area (TPSA) is 58.1 Å². The summed E-state index contributed by atoms with van der Waals surface area (Å²) in [5, 5.41) is 6.78. The van der Waals surface area contributed by atoms with E-state index in [9.17, 15) is 0 Å². The van der Waals surface area contributed by atoms with Crippen LogP contribution >= 0.6 is 0 Å². The fourth-order valence-electron chi connectivity index (χ4n) is 2.90. The van der Waals surface area contributed by atoms with E-state index in [-0.39, 0.29) is 6.04 Å². The molecule has 0 fully saturated rings. The number of nitrogens with one attached hydrogen (secondary N) is 2. The molecule has 1 unspecified atom stereocenters. The molecule has 6 heteroatoms. The first-order valence-electron chi connectivity index (χ1n) is 9.52. The highest BCUT2D eigenvalue weighted by Crippen LogP contribution is 2.20.